The van der Waals surface area contributed by atoms with Crippen LogP contribution in [0.5, 0.6) is 0 Å². The SMILES string of the molecule is NC(=O)CN(CC(=O)O)C(=O)Cc1ccc(Cl)c(Cl)c1. The van der Waals surface area contributed by atoms with Gasteiger partial charge in [0.1, 0.15) is 6.54 Å². The third kappa shape index (κ3) is 5.07. The van der Waals surface area contributed by atoms with E-state index in [1.54, 1.807) is 6.07 Å². The fourth-order valence-electron chi connectivity index (χ4n) is 1.52. The van der Waals surface area contributed by atoms with Gasteiger partial charge in [-0.2, -0.15) is 0 Å². The maximum atomic E-state index is 12.0. The van der Waals surface area contributed by atoms with Crippen molar-refractivity contribution in [1.82, 2.24) is 4.90 Å². The molecule has 0 saturated carbocycles. The molecule has 1 aromatic carbocycles. The molecule has 3 N–H and O–H groups in total. The number of carboxylic acid groups (broad SMARTS) is 1. The molecule has 20 heavy (non-hydrogen) atoms. The summed E-state index contributed by atoms with van der Waals surface area (Å²) in [6.45, 7) is -1.05. The number of benzene rings is 1. The van der Waals surface area contributed by atoms with Crippen LogP contribution >= 0.6 is 23.2 Å². The van der Waals surface area contributed by atoms with Crippen molar-refractivity contribution in [3.63, 3.8) is 0 Å². The maximum absolute atomic E-state index is 12.0. The van der Waals surface area contributed by atoms with E-state index in [0.29, 0.717) is 10.6 Å². The summed E-state index contributed by atoms with van der Waals surface area (Å²) in [4.78, 5) is 34.3. The smallest absolute Gasteiger partial charge is 0.323 e. The highest BCUT2D eigenvalue weighted by atomic mass is 35.5. The Kier molecular flexibility index (Phi) is 5.79. The quantitative estimate of drug-likeness (QED) is 0.814. The summed E-state index contributed by atoms with van der Waals surface area (Å²) >= 11 is 11.6. The molecule has 6 nitrogen and oxygen atoms in total. The minimum atomic E-state index is -1.23. The summed E-state index contributed by atoms with van der Waals surface area (Å²) in [6.07, 6.45) is -0.0998. The molecule has 0 aliphatic heterocycles. The van der Waals surface area contributed by atoms with Crippen molar-refractivity contribution in [2.75, 3.05) is 13.1 Å². The molecule has 0 radical (unpaired) electrons. The van der Waals surface area contributed by atoms with Gasteiger partial charge in [-0.15, -0.1) is 0 Å². The van der Waals surface area contributed by atoms with Gasteiger partial charge in [-0.25, -0.2) is 0 Å². The average Bonchev–Trinajstić information content (AvgIpc) is 2.32. The van der Waals surface area contributed by atoms with Crippen LogP contribution in [0.3, 0.4) is 0 Å². The number of carbonyl (C=O) groups is 3. The molecular formula is C12H12Cl2N2O4. The van der Waals surface area contributed by atoms with Crippen LogP contribution in [0, 0.1) is 0 Å². The Balaban J connectivity index is 2.81. The first kappa shape index (κ1) is 16.3. The van der Waals surface area contributed by atoms with Crippen LogP contribution in [0.15, 0.2) is 18.2 Å². The lowest BCUT2D eigenvalue weighted by Gasteiger charge is -2.19. The summed E-state index contributed by atoms with van der Waals surface area (Å²) in [6, 6.07) is 4.63. The number of hydrogen-bond donors (Lipinski definition) is 2. The maximum Gasteiger partial charge on any atom is 0.323 e. The van der Waals surface area contributed by atoms with Gasteiger partial charge in [0.2, 0.25) is 11.8 Å². The van der Waals surface area contributed by atoms with Crippen molar-refractivity contribution in [1.29, 1.82) is 0 Å². The molecule has 0 heterocycles. The molecule has 0 aromatic heterocycles. The van der Waals surface area contributed by atoms with Crippen molar-refractivity contribution >= 4 is 41.0 Å². The van der Waals surface area contributed by atoms with Crippen LogP contribution in [0.25, 0.3) is 0 Å². The molecule has 0 spiro atoms. The van der Waals surface area contributed by atoms with Gasteiger partial charge in [-0.05, 0) is 17.7 Å². The lowest BCUT2D eigenvalue weighted by molar-refractivity contribution is -0.145. The van der Waals surface area contributed by atoms with E-state index in [4.69, 9.17) is 34.0 Å². The fraction of sp³-hybridized carbons (Fsp3) is 0.250. The van der Waals surface area contributed by atoms with Crippen molar-refractivity contribution in [2.45, 2.75) is 6.42 Å². The molecule has 0 bridgehead atoms. The highest BCUT2D eigenvalue weighted by Crippen LogP contribution is 2.22. The minimum Gasteiger partial charge on any atom is -0.480 e. The molecule has 2 amide bonds. The van der Waals surface area contributed by atoms with Crippen molar-refractivity contribution in [3.8, 4) is 0 Å². The van der Waals surface area contributed by atoms with Crippen LogP contribution < -0.4 is 5.73 Å². The number of primary amides is 1. The predicted octanol–water partition coefficient (Wildman–Crippen LogP) is 0.934. The monoisotopic (exact) mass is 318 g/mol. The largest absolute Gasteiger partial charge is 0.480 e. The van der Waals surface area contributed by atoms with E-state index in [0.717, 1.165) is 4.90 Å². The highest BCUT2D eigenvalue weighted by Gasteiger charge is 2.19. The van der Waals surface area contributed by atoms with Gasteiger partial charge < -0.3 is 15.7 Å². The molecule has 0 aliphatic carbocycles. The molecule has 0 aliphatic rings. The molecule has 1 rings (SSSR count). The Bertz CT molecular complexity index is 532. The minimum absolute atomic E-state index is 0.0998. The van der Waals surface area contributed by atoms with Crippen LogP contribution in [0.1, 0.15) is 5.56 Å². The number of aliphatic carboxylic acids is 1. The van der Waals surface area contributed by atoms with E-state index in [-0.39, 0.29) is 11.4 Å². The summed E-state index contributed by atoms with van der Waals surface area (Å²) < 4.78 is 0. The molecule has 8 heteroatoms. The van der Waals surface area contributed by atoms with E-state index < -0.39 is 30.9 Å². The number of carbonyl (C=O) groups excluding carboxylic acids is 2. The van der Waals surface area contributed by atoms with Crippen LogP contribution in [-0.2, 0) is 20.8 Å². The Hall–Kier alpha value is -1.79. The molecule has 108 valence electrons. The zero-order chi connectivity index (χ0) is 15.3. The third-order valence-corrected chi connectivity index (χ3v) is 3.10. The van der Waals surface area contributed by atoms with Crippen molar-refractivity contribution < 1.29 is 19.5 Å². The molecule has 0 atom stereocenters. The Labute approximate surface area is 125 Å². The number of nitrogens with two attached hydrogens (primary N) is 1. The highest BCUT2D eigenvalue weighted by molar-refractivity contribution is 6.42. The van der Waals surface area contributed by atoms with Gasteiger partial charge in [-0.1, -0.05) is 29.3 Å². The first-order chi connectivity index (χ1) is 9.29. The van der Waals surface area contributed by atoms with Gasteiger partial charge in [0.15, 0.2) is 0 Å². The summed E-state index contributed by atoms with van der Waals surface area (Å²) in [5.41, 5.74) is 5.54. The molecular weight excluding hydrogens is 307 g/mol. The number of rotatable bonds is 6. The lowest BCUT2D eigenvalue weighted by atomic mass is 10.1. The van der Waals surface area contributed by atoms with Gasteiger partial charge in [0, 0.05) is 0 Å². The summed E-state index contributed by atoms with van der Waals surface area (Å²) in [7, 11) is 0. The van der Waals surface area contributed by atoms with E-state index in [9.17, 15) is 14.4 Å². The average molecular weight is 319 g/mol. The van der Waals surface area contributed by atoms with Crippen molar-refractivity contribution in [3.05, 3.63) is 33.8 Å². The molecule has 0 fully saturated rings. The first-order valence-electron chi connectivity index (χ1n) is 5.51. The van der Waals surface area contributed by atoms with E-state index >= 15 is 0 Å². The summed E-state index contributed by atoms with van der Waals surface area (Å²) in [5, 5.41) is 9.35. The Morgan fingerprint density at radius 3 is 2.30 bits per heavy atom. The number of halogens is 2. The second kappa shape index (κ2) is 7.12. The number of amides is 2. The topological polar surface area (TPSA) is 101 Å². The lowest BCUT2D eigenvalue weighted by Crippen LogP contribution is -2.42. The van der Waals surface area contributed by atoms with E-state index in [2.05, 4.69) is 0 Å². The number of carboxylic acids is 1. The fourth-order valence-corrected chi connectivity index (χ4v) is 1.84. The summed E-state index contributed by atoms with van der Waals surface area (Å²) in [5.74, 6) is -2.55. The second-order valence-corrected chi connectivity index (χ2v) is 4.85. The zero-order valence-electron chi connectivity index (χ0n) is 10.3. The standard InChI is InChI=1S/C12H12Cl2N2O4/c13-8-2-1-7(3-9(8)14)4-11(18)16(5-10(15)17)6-12(19)20/h1-3H,4-6H2,(H2,15,17)(H,19,20). The number of hydrogen-bond acceptors (Lipinski definition) is 3. The van der Waals surface area contributed by atoms with Crippen LogP contribution in [-0.4, -0.2) is 40.9 Å². The molecule has 0 unspecified atom stereocenters. The van der Waals surface area contributed by atoms with Gasteiger partial charge in [0.25, 0.3) is 0 Å². The normalized spacial score (nSPS) is 10.1. The van der Waals surface area contributed by atoms with Crippen LogP contribution in [0.4, 0.5) is 0 Å². The van der Waals surface area contributed by atoms with Gasteiger partial charge >= 0.3 is 5.97 Å². The third-order valence-electron chi connectivity index (χ3n) is 2.36. The van der Waals surface area contributed by atoms with Gasteiger partial charge in [0.05, 0.1) is 23.0 Å². The molecule has 0 saturated heterocycles. The number of nitrogens with zero attached hydrogens (tertiary/aromatic N) is 1. The van der Waals surface area contributed by atoms with Gasteiger partial charge in [-0.3, -0.25) is 14.4 Å². The zero-order valence-corrected chi connectivity index (χ0v) is 11.8. The molecule has 1 aromatic rings. The van der Waals surface area contributed by atoms with E-state index in [1.807, 2.05) is 0 Å². The Morgan fingerprint density at radius 1 is 1.15 bits per heavy atom. The van der Waals surface area contributed by atoms with Crippen LogP contribution in [0.2, 0.25) is 10.0 Å². The first-order valence-corrected chi connectivity index (χ1v) is 6.27. The van der Waals surface area contributed by atoms with E-state index in [1.165, 1.54) is 12.1 Å². The second-order valence-electron chi connectivity index (χ2n) is 4.04. The Morgan fingerprint density at radius 2 is 1.80 bits per heavy atom. The predicted molar refractivity (Wildman–Crippen MR) is 73.6 cm³/mol. The van der Waals surface area contributed by atoms with Crippen molar-refractivity contribution in [2.24, 2.45) is 5.73 Å².